The third-order valence-electron chi connectivity index (χ3n) is 5.36. The van der Waals surface area contributed by atoms with Gasteiger partial charge in [0.2, 0.25) is 5.91 Å². The van der Waals surface area contributed by atoms with E-state index >= 15 is 0 Å². The van der Waals surface area contributed by atoms with E-state index in [1.165, 1.54) is 6.33 Å². The lowest BCUT2D eigenvalue weighted by atomic mass is 10.0. The Bertz CT molecular complexity index is 955. The summed E-state index contributed by atoms with van der Waals surface area (Å²) < 4.78 is 7.35. The van der Waals surface area contributed by atoms with Crippen LogP contribution in [0.15, 0.2) is 54.9 Å². The van der Waals surface area contributed by atoms with Gasteiger partial charge >= 0.3 is 0 Å². The first-order valence-electron chi connectivity index (χ1n) is 10.4. The number of carbonyl (C=O) groups excluding carboxylic acids is 1. The zero-order chi connectivity index (χ0) is 21.5. The van der Waals surface area contributed by atoms with Crippen molar-refractivity contribution in [2.24, 2.45) is 0 Å². The number of nitrogens with one attached hydrogen (secondary N) is 1. The standard InChI is InChI=1S/C22H25ClN6O2/c23-18-3-7-21(8-4-18)31-14-13-28-11-9-19(10-12-28)25-22(30)15-17-1-5-20(6-2-17)29-16-24-26-27-29/h1-8,16,19H,9-15H2,(H,25,30). The summed E-state index contributed by atoms with van der Waals surface area (Å²) in [7, 11) is 0. The minimum absolute atomic E-state index is 0.0553. The number of hydrogen-bond acceptors (Lipinski definition) is 6. The molecular formula is C22H25ClN6O2. The summed E-state index contributed by atoms with van der Waals surface area (Å²) in [5, 5.41) is 15.0. The average Bonchev–Trinajstić information content (AvgIpc) is 3.32. The van der Waals surface area contributed by atoms with E-state index in [-0.39, 0.29) is 11.9 Å². The fraction of sp³-hybridized carbons (Fsp3) is 0.364. The van der Waals surface area contributed by atoms with E-state index in [2.05, 4.69) is 25.7 Å². The molecule has 2 aromatic carbocycles. The molecule has 0 aliphatic carbocycles. The molecular weight excluding hydrogens is 416 g/mol. The van der Waals surface area contributed by atoms with Crippen molar-refractivity contribution >= 4 is 17.5 Å². The maximum atomic E-state index is 12.4. The maximum Gasteiger partial charge on any atom is 0.224 e. The summed E-state index contributed by atoms with van der Waals surface area (Å²) in [6.07, 6.45) is 3.80. The molecule has 3 aromatic rings. The van der Waals surface area contributed by atoms with Gasteiger partial charge in [-0.15, -0.1) is 5.10 Å². The Hall–Kier alpha value is -2.97. The Morgan fingerprint density at radius 1 is 1.10 bits per heavy atom. The topological polar surface area (TPSA) is 85.2 Å². The summed E-state index contributed by atoms with van der Waals surface area (Å²) in [5.74, 6) is 0.886. The largest absolute Gasteiger partial charge is 0.492 e. The van der Waals surface area contributed by atoms with Crippen LogP contribution in [-0.4, -0.2) is 63.3 Å². The van der Waals surface area contributed by atoms with Crippen LogP contribution >= 0.6 is 11.6 Å². The first-order chi connectivity index (χ1) is 15.2. The van der Waals surface area contributed by atoms with E-state index in [4.69, 9.17) is 16.3 Å². The molecule has 9 heteroatoms. The number of benzene rings is 2. The van der Waals surface area contributed by atoms with Crippen LogP contribution in [0.1, 0.15) is 18.4 Å². The van der Waals surface area contributed by atoms with Crippen molar-refractivity contribution in [1.82, 2.24) is 30.4 Å². The van der Waals surface area contributed by atoms with Crippen LogP contribution in [-0.2, 0) is 11.2 Å². The fourth-order valence-corrected chi connectivity index (χ4v) is 3.76. The highest BCUT2D eigenvalue weighted by atomic mass is 35.5. The number of ether oxygens (including phenoxy) is 1. The smallest absolute Gasteiger partial charge is 0.224 e. The molecule has 1 aliphatic heterocycles. The second kappa shape index (κ2) is 10.4. The van der Waals surface area contributed by atoms with Gasteiger partial charge in [0.25, 0.3) is 0 Å². The van der Waals surface area contributed by atoms with E-state index in [0.29, 0.717) is 18.1 Å². The van der Waals surface area contributed by atoms with Crippen molar-refractivity contribution in [3.05, 3.63) is 65.4 Å². The van der Waals surface area contributed by atoms with Crippen LogP contribution in [0.3, 0.4) is 0 Å². The molecule has 162 valence electrons. The number of amides is 1. The van der Waals surface area contributed by atoms with Crippen LogP contribution in [0.4, 0.5) is 0 Å². The van der Waals surface area contributed by atoms with E-state index in [9.17, 15) is 4.79 Å². The van der Waals surface area contributed by atoms with Crippen LogP contribution in [0.5, 0.6) is 5.75 Å². The molecule has 0 unspecified atom stereocenters. The molecule has 0 saturated carbocycles. The zero-order valence-electron chi connectivity index (χ0n) is 17.2. The van der Waals surface area contributed by atoms with Crippen LogP contribution in [0, 0.1) is 0 Å². The molecule has 1 saturated heterocycles. The second-order valence-electron chi connectivity index (χ2n) is 7.58. The van der Waals surface area contributed by atoms with E-state index in [1.54, 1.807) is 4.68 Å². The number of aromatic nitrogens is 4. The van der Waals surface area contributed by atoms with Crippen molar-refractivity contribution in [3.8, 4) is 11.4 Å². The number of nitrogens with zero attached hydrogens (tertiary/aromatic N) is 5. The normalized spacial score (nSPS) is 15.0. The molecule has 1 N–H and O–H groups in total. The molecule has 2 heterocycles. The molecule has 8 nitrogen and oxygen atoms in total. The van der Waals surface area contributed by atoms with Crippen molar-refractivity contribution < 1.29 is 9.53 Å². The predicted molar refractivity (Wildman–Crippen MR) is 117 cm³/mol. The molecule has 31 heavy (non-hydrogen) atoms. The lowest BCUT2D eigenvalue weighted by molar-refractivity contribution is -0.121. The summed E-state index contributed by atoms with van der Waals surface area (Å²) in [4.78, 5) is 14.8. The number of hydrogen-bond donors (Lipinski definition) is 1. The van der Waals surface area contributed by atoms with Gasteiger partial charge in [0.05, 0.1) is 12.1 Å². The van der Waals surface area contributed by atoms with E-state index < -0.39 is 0 Å². The number of likely N-dealkylation sites (tertiary alicyclic amines) is 1. The molecule has 1 aliphatic rings. The quantitative estimate of drug-likeness (QED) is 0.579. The van der Waals surface area contributed by atoms with Gasteiger partial charge in [0, 0.05) is 30.7 Å². The number of halogens is 1. The summed E-state index contributed by atoms with van der Waals surface area (Å²) >= 11 is 5.89. The van der Waals surface area contributed by atoms with E-state index in [0.717, 1.165) is 49.5 Å². The minimum Gasteiger partial charge on any atom is -0.492 e. The second-order valence-corrected chi connectivity index (χ2v) is 8.02. The monoisotopic (exact) mass is 440 g/mol. The highest BCUT2D eigenvalue weighted by molar-refractivity contribution is 6.30. The van der Waals surface area contributed by atoms with Crippen LogP contribution < -0.4 is 10.1 Å². The van der Waals surface area contributed by atoms with Gasteiger partial charge in [-0.2, -0.15) is 0 Å². The van der Waals surface area contributed by atoms with Gasteiger partial charge in [-0.25, -0.2) is 4.68 Å². The Labute approximate surface area is 186 Å². The molecule has 1 aromatic heterocycles. The molecule has 4 rings (SSSR count). The zero-order valence-corrected chi connectivity index (χ0v) is 17.9. The minimum atomic E-state index is 0.0553. The van der Waals surface area contributed by atoms with Crippen molar-refractivity contribution in [2.75, 3.05) is 26.2 Å². The Balaban J connectivity index is 1.15. The van der Waals surface area contributed by atoms with Gasteiger partial charge < -0.3 is 10.1 Å². The predicted octanol–water partition coefficient (Wildman–Crippen LogP) is 2.52. The number of piperidine rings is 1. The maximum absolute atomic E-state index is 12.4. The molecule has 0 atom stereocenters. The first kappa shape index (κ1) is 21.3. The first-order valence-corrected chi connectivity index (χ1v) is 10.8. The lowest BCUT2D eigenvalue weighted by Gasteiger charge is -2.32. The lowest BCUT2D eigenvalue weighted by Crippen LogP contribution is -2.45. The third kappa shape index (κ3) is 6.26. The molecule has 0 spiro atoms. The van der Waals surface area contributed by atoms with Crippen molar-refractivity contribution in [2.45, 2.75) is 25.3 Å². The third-order valence-corrected chi connectivity index (χ3v) is 5.61. The van der Waals surface area contributed by atoms with Gasteiger partial charge in [-0.1, -0.05) is 23.7 Å². The van der Waals surface area contributed by atoms with Gasteiger partial charge in [0.15, 0.2) is 0 Å². The van der Waals surface area contributed by atoms with Crippen LogP contribution in [0.2, 0.25) is 5.02 Å². The molecule has 0 bridgehead atoms. The van der Waals surface area contributed by atoms with Gasteiger partial charge in [0.1, 0.15) is 18.7 Å². The van der Waals surface area contributed by atoms with Gasteiger partial charge in [-0.05, 0) is 65.2 Å². The summed E-state index contributed by atoms with van der Waals surface area (Å²) in [5.41, 5.74) is 1.83. The molecule has 1 amide bonds. The van der Waals surface area contributed by atoms with Crippen LogP contribution in [0.25, 0.3) is 5.69 Å². The SMILES string of the molecule is O=C(Cc1ccc(-n2cnnn2)cc1)NC1CCN(CCOc2ccc(Cl)cc2)CC1. The Morgan fingerprint density at radius 2 is 1.84 bits per heavy atom. The summed E-state index contributed by atoms with van der Waals surface area (Å²) in [6, 6.07) is 15.3. The van der Waals surface area contributed by atoms with Crippen molar-refractivity contribution in [1.29, 1.82) is 0 Å². The van der Waals surface area contributed by atoms with Crippen molar-refractivity contribution in [3.63, 3.8) is 0 Å². The fourth-order valence-electron chi connectivity index (χ4n) is 3.63. The highest BCUT2D eigenvalue weighted by Crippen LogP contribution is 2.16. The number of tetrazole rings is 1. The Morgan fingerprint density at radius 3 is 2.52 bits per heavy atom. The number of carbonyl (C=O) groups is 1. The number of rotatable bonds is 8. The highest BCUT2D eigenvalue weighted by Gasteiger charge is 2.20. The van der Waals surface area contributed by atoms with Gasteiger partial charge in [-0.3, -0.25) is 9.69 Å². The Kier molecular flexibility index (Phi) is 7.11. The molecule has 0 radical (unpaired) electrons. The average molecular weight is 441 g/mol. The molecule has 1 fully saturated rings. The van der Waals surface area contributed by atoms with E-state index in [1.807, 2.05) is 48.5 Å². The summed E-state index contributed by atoms with van der Waals surface area (Å²) in [6.45, 7) is 3.42.